The number of cyclic esters (lactones) is 1. The zero-order valence-corrected chi connectivity index (χ0v) is 19.3. The molecule has 1 aromatic carbocycles. The van der Waals surface area contributed by atoms with Crippen molar-refractivity contribution in [2.75, 3.05) is 11.4 Å². The number of amides is 1. The molecule has 1 aliphatic heterocycles. The van der Waals surface area contributed by atoms with Gasteiger partial charge in [-0.1, -0.05) is 6.07 Å². The predicted molar refractivity (Wildman–Crippen MR) is 116 cm³/mol. The van der Waals surface area contributed by atoms with Crippen molar-refractivity contribution in [3.8, 4) is 22.6 Å². The molecule has 17 heteroatoms. The van der Waals surface area contributed by atoms with E-state index in [0.29, 0.717) is 23.6 Å². The largest absolute Gasteiger partial charge is 0.466 e. The first-order valence-corrected chi connectivity index (χ1v) is 11.7. The number of tetrazole rings is 1. The molecule has 0 saturated carbocycles. The molecule has 1 saturated heterocycles. The van der Waals surface area contributed by atoms with Gasteiger partial charge < -0.3 is 24.5 Å². The molecule has 3 aromatic rings. The molecule has 4 N–H and O–H groups in total. The third kappa shape index (κ3) is 6.83. The fraction of sp³-hybridized carbons (Fsp3) is 0.316. The Bertz CT molecular complexity index is 1250. The number of alkyl halides is 2. The van der Waals surface area contributed by atoms with E-state index >= 15 is 0 Å². The summed E-state index contributed by atoms with van der Waals surface area (Å²) < 4.78 is 53.7. The van der Waals surface area contributed by atoms with Crippen LogP contribution in [0.2, 0.25) is 0 Å². The standard InChI is InChI=1S/C19H17F3N6O3.H3O4P/c1-2-28-25-18(24-26-28)14-6-3-10(8-23-14)12-5-4-11(7-13(12)20)27-9-15(31-19(27)30)16(29)17(21)22;1-5(2,3)4/h3-8,15-17,29H,2,9H2,1H3;(H3,1,2,3,4)/t15-,16?;/m1./s1. The fourth-order valence-corrected chi connectivity index (χ4v) is 3.11. The van der Waals surface area contributed by atoms with Crippen molar-refractivity contribution in [2.24, 2.45) is 0 Å². The number of carbonyl (C=O) groups is 1. The van der Waals surface area contributed by atoms with E-state index in [1.54, 1.807) is 12.1 Å². The lowest BCUT2D eigenvalue weighted by Gasteiger charge is -2.16. The minimum absolute atomic E-state index is 0.125. The van der Waals surface area contributed by atoms with Crippen LogP contribution in [0.4, 0.5) is 23.7 Å². The number of anilines is 1. The lowest BCUT2D eigenvalue weighted by Crippen LogP contribution is -2.36. The van der Waals surface area contributed by atoms with Gasteiger partial charge in [0.15, 0.2) is 12.2 Å². The molecule has 1 aliphatic rings. The minimum Gasteiger partial charge on any atom is -0.441 e. The highest BCUT2D eigenvalue weighted by Gasteiger charge is 2.40. The molecule has 1 amide bonds. The Labute approximate surface area is 201 Å². The van der Waals surface area contributed by atoms with E-state index < -0.39 is 38.4 Å². The number of benzene rings is 1. The first-order valence-electron chi connectivity index (χ1n) is 10.1. The highest BCUT2D eigenvalue weighted by molar-refractivity contribution is 7.45. The van der Waals surface area contributed by atoms with Crippen molar-refractivity contribution >= 4 is 19.6 Å². The lowest BCUT2D eigenvalue weighted by atomic mass is 10.1. The Morgan fingerprint density at radius 3 is 2.44 bits per heavy atom. The van der Waals surface area contributed by atoms with Crippen molar-refractivity contribution < 1.29 is 47.1 Å². The van der Waals surface area contributed by atoms with Crippen molar-refractivity contribution in [1.29, 1.82) is 0 Å². The number of phosphoric acid groups is 1. The van der Waals surface area contributed by atoms with Crippen LogP contribution in [0.5, 0.6) is 0 Å². The molecule has 36 heavy (non-hydrogen) atoms. The van der Waals surface area contributed by atoms with Gasteiger partial charge in [0.05, 0.1) is 18.8 Å². The van der Waals surface area contributed by atoms with Gasteiger partial charge in [0, 0.05) is 17.3 Å². The summed E-state index contributed by atoms with van der Waals surface area (Å²) in [6.45, 7) is 2.12. The number of aliphatic hydroxyl groups is 1. The number of halogens is 3. The summed E-state index contributed by atoms with van der Waals surface area (Å²) in [5.41, 5.74) is 1.31. The van der Waals surface area contributed by atoms with Crippen molar-refractivity contribution in [1.82, 2.24) is 25.2 Å². The number of hydrogen-bond donors (Lipinski definition) is 4. The number of nitrogens with zero attached hydrogens (tertiary/aromatic N) is 6. The number of rotatable bonds is 6. The number of carbonyl (C=O) groups excluding carboxylic acids is 1. The normalized spacial score (nSPS) is 16.5. The van der Waals surface area contributed by atoms with Gasteiger partial charge in [-0.3, -0.25) is 9.88 Å². The van der Waals surface area contributed by atoms with Gasteiger partial charge in [0.2, 0.25) is 5.82 Å². The molecule has 4 rings (SSSR count). The third-order valence-electron chi connectivity index (χ3n) is 4.78. The zero-order chi connectivity index (χ0) is 26.6. The van der Waals surface area contributed by atoms with Crippen LogP contribution in [0.1, 0.15) is 6.92 Å². The average molecular weight is 532 g/mol. The molecule has 0 bridgehead atoms. The van der Waals surface area contributed by atoms with Gasteiger partial charge in [-0.15, -0.1) is 10.2 Å². The molecule has 3 heterocycles. The zero-order valence-electron chi connectivity index (χ0n) is 18.4. The monoisotopic (exact) mass is 532 g/mol. The van der Waals surface area contributed by atoms with Gasteiger partial charge in [-0.25, -0.2) is 22.5 Å². The number of hydrogen-bond acceptors (Lipinski definition) is 8. The highest BCUT2D eigenvalue weighted by atomic mass is 31.2. The summed E-state index contributed by atoms with van der Waals surface area (Å²) in [5, 5.41) is 21.3. The van der Waals surface area contributed by atoms with Crippen LogP contribution in [0.3, 0.4) is 0 Å². The Balaban J connectivity index is 0.000000658. The Kier molecular flexibility index (Phi) is 8.37. The Hall–Kier alpha value is -3.43. The topological polar surface area (TPSA) is 184 Å². The molecule has 13 nitrogen and oxygen atoms in total. The summed E-state index contributed by atoms with van der Waals surface area (Å²) in [7, 11) is -4.64. The summed E-state index contributed by atoms with van der Waals surface area (Å²) in [6, 6.07) is 7.27. The average Bonchev–Trinajstić information content (AvgIpc) is 3.44. The summed E-state index contributed by atoms with van der Waals surface area (Å²) in [5.74, 6) is -0.301. The van der Waals surface area contributed by atoms with Gasteiger partial charge in [0.25, 0.3) is 6.43 Å². The maximum atomic E-state index is 14.8. The maximum Gasteiger partial charge on any atom is 0.466 e. The number of aliphatic hydroxyl groups excluding tert-OH is 1. The van der Waals surface area contributed by atoms with Crippen LogP contribution in [0.25, 0.3) is 22.6 Å². The van der Waals surface area contributed by atoms with Crippen molar-refractivity contribution in [3.63, 3.8) is 0 Å². The SMILES string of the molecule is CCn1nnc(-c2ccc(-c3ccc(N4C[C@H](C(O)C(F)F)OC4=O)cc3F)cn2)n1.O=P(O)(O)O. The van der Waals surface area contributed by atoms with E-state index in [1.807, 2.05) is 6.92 Å². The molecule has 0 radical (unpaired) electrons. The first kappa shape index (κ1) is 27.2. The van der Waals surface area contributed by atoms with Gasteiger partial charge in [0.1, 0.15) is 11.5 Å². The Morgan fingerprint density at radius 1 is 1.22 bits per heavy atom. The van der Waals surface area contributed by atoms with E-state index in [1.165, 1.54) is 23.1 Å². The molecule has 1 unspecified atom stereocenters. The molecule has 0 spiro atoms. The molecular formula is C19H20F3N6O7P. The number of aryl methyl sites for hydroxylation is 1. The maximum absolute atomic E-state index is 14.8. The van der Waals surface area contributed by atoms with Crippen LogP contribution in [-0.4, -0.2) is 76.2 Å². The van der Waals surface area contributed by atoms with Gasteiger partial charge in [-0.2, -0.15) is 4.80 Å². The minimum atomic E-state index is -4.64. The molecule has 1 fully saturated rings. The van der Waals surface area contributed by atoms with Crippen molar-refractivity contribution in [3.05, 3.63) is 42.3 Å². The molecule has 2 aromatic heterocycles. The first-order chi connectivity index (χ1) is 16.9. The van der Waals surface area contributed by atoms with Gasteiger partial charge in [-0.05, 0) is 36.4 Å². The highest BCUT2D eigenvalue weighted by Crippen LogP contribution is 2.30. The quantitative estimate of drug-likeness (QED) is 0.338. The van der Waals surface area contributed by atoms with E-state index in [9.17, 15) is 23.1 Å². The summed E-state index contributed by atoms with van der Waals surface area (Å²) in [4.78, 5) is 40.2. The molecule has 194 valence electrons. The number of aromatic nitrogens is 5. The van der Waals surface area contributed by atoms with Crippen LogP contribution < -0.4 is 4.90 Å². The number of ether oxygens (including phenoxy) is 1. The predicted octanol–water partition coefficient (Wildman–Crippen LogP) is 1.58. The second kappa shape index (κ2) is 11.1. The Morgan fingerprint density at radius 2 is 1.92 bits per heavy atom. The smallest absolute Gasteiger partial charge is 0.441 e. The summed E-state index contributed by atoms with van der Waals surface area (Å²) in [6.07, 6.45) is -6.05. The van der Waals surface area contributed by atoms with E-state index in [0.717, 1.165) is 11.0 Å². The summed E-state index contributed by atoms with van der Waals surface area (Å²) >= 11 is 0. The van der Waals surface area contributed by atoms with E-state index in [-0.39, 0.29) is 17.8 Å². The van der Waals surface area contributed by atoms with E-state index in [2.05, 4.69) is 20.4 Å². The fourth-order valence-electron chi connectivity index (χ4n) is 3.11. The van der Waals surface area contributed by atoms with Crippen LogP contribution in [0, 0.1) is 5.82 Å². The van der Waals surface area contributed by atoms with Crippen LogP contribution >= 0.6 is 7.82 Å². The second-order valence-corrected chi connectivity index (χ2v) is 8.30. The molecular weight excluding hydrogens is 512 g/mol. The lowest BCUT2D eigenvalue weighted by molar-refractivity contribution is -0.0641. The second-order valence-electron chi connectivity index (χ2n) is 7.27. The third-order valence-corrected chi connectivity index (χ3v) is 4.78. The van der Waals surface area contributed by atoms with Crippen LogP contribution in [0.15, 0.2) is 36.5 Å². The molecule has 0 aliphatic carbocycles. The van der Waals surface area contributed by atoms with Crippen LogP contribution in [-0.2, 0) is 15.8 Å². The number of pyridine rings is 1. The van der Waals surface area contributed by atoms with E-state index in [4.69, 9.17) is 24.0 Å². The van der Waals surface area contributed by atoms with Gasteiger partial charge >= 0.3 is 13.9 Å². The molecule has 2 atom stereocenters. The van der Waals surface area contributed by atoms with Crippen molar-refractivity contribution in [2.45, 2.75) is 32.1 Å².